The predicted molar refractivity (Wildman–Crippen MR) is 115 cm³/mol. The summed E-state index contributed by atoms with van der Waals surface area (Å²) in [5.74, 6) is -0.954. The van der Waals surface area contributed by atoms with Crippen molar-refractivity contribution in [2.24, 2.45) is 0 Å². The second-order valence-corrected chi connectivity index (χ2v) is 6.56. The van der Waals surface area contributed by atoms with E-state index < -0.39 is 18.5 Å². The fourth-order valence-electron chi connectivity index (χ4n) is 2.62. The molecule has 0 fully saturated rings. The number of unbranched alkanes of at least 4 members (excludes halogenated alkanes) is 1. The van der Waals surface area contributed by atoms with Crippen molar-refractivity contribution in [1.82, 2.24) is 0 Å². The molecule has 0 atom stereocenters. The number of carboxylic acids is 2. The lowest BCUT2D eigenvalue weighted by molar-refractivity contribution is -0.139. The molecule has 0 aromatic heterocycles. The van der Waals surface area contributed by atoms with Gasteiger partial charge in [-0.15, -0.1) is 0 Å². The van der Waals surface area contributed by atoms with Crippen molar-refractivity contribution in [2.75, 3.05) is 13.2 Å². The highest BCUT2D eigenvalue weighted by atomic mass is 16.5. The van der Waals surface area contributed by atoms with Crippen LogP contribution in [0.3, 0.4) is 0 Å². The van der Waals surface area contributed by atoms with Crippen LogP contribution in [-0.4, -0.2) is 35.4 Å². The van der Waals surface area contributed by atoms with Crippen molar-refractivity contribution in [2.45, 2.75) is 26.2 Å². The molecule has 2 N–H and O–H groups in total. The summed E-state index contributed by atoms with van der Waals surface area (Å²) >= 11 is 0. The van der Waals surface area contributed by atoms with Crippen LogP contribution in [-0.2, 0) is 11.2 Å². The van der Waals surface area contributed by atoms with E-state index in [9.17, 15) is 9.59 Å². The first kappa shape index (κ1) is 22.7. The van der Waals surface area contributed by atoms with Gasteiger partial charge in [0, 0.05) is 6.07 Å². The van der Waals surface area contributed by atoms with Crippen LogP contribution < -0.4 is 9.47 Å². The second-order valence-electron chi connectivity index (χ2n) is 6.56. The highest BCUT2D eigenvalue weighted by molar-refractivity contribution is 5.87. The fourth-order valence-corrected chi connectivity index (χ4v) is 2.62. The number of carbonyl (C=O) groups is 2. The van der Waals surface area contributed by atoms with Crippen molar-refractivity contribution >= 4 is 18.0 Å². The topological polar surface area (TPSA) is 93.1 Å². The van der Waals surface area contributed by atoms with E-state index in [0.29, 0.717) is 24.5 Å². The Kier molecular flexibility index (Phi) is 9.18. The molecular formula is C24H26O6. The predicted octanol–water partition coefficient (Wildman–Crippen LogP) is 4.84. The molecule has 2 aromatic rings. The van der Waals surface area contributed by atoms with Gasteiger partial charge in [0.2, 0.25) is 0 Å². The van der Waals surface area contributed by atoms with Gasteiger partial charge in [-0.25, -0.2) is 9.59 Å². The quantitative estimate of drug-likeness (QED) is 0.487. The van der Waals surface area contributed by atoms with Crippen molar-refractivity contribution in [3.63, 3.8) is 0 Å². The van der Waals surface area contributed by atoms with E-state index in [2.05, 4.69) is 13.0 Å². The largest absolute Gasteiger partial charge is 0.489 e. The minimum atomic E-state index is -1.05. The lowest BCUT2D eigenvalue weighted by atomic mass is 10.1. The molecular weight excluding hydrogens is 384 g/mol. The van der Waals surface area contributed by atoms with Crippen molar-refractivity contribution in [1.29, 1.82) is 0 Å². The van der Waals surface area contributed by atoms with Crippen LogP contribution in [0.4, 0.5) is 0 Å². The number of allylic oxidation sites excluding steroid dienone is 2. The summed E-state index contributed by atoms with van der Waals surface area (Å²) in [6.07, 6.45) is 10.4. The summed E-state index contributed by atoms with van der Waals surface area (Å²) in [6, 6.07) is 11.9. The number of rotatable bonds is 12. The summed E-state index contributed by atoms with van der Waals surface area (Å²) in [5.41, 5.74) is 1.92. The van der Waals surface area contributed by atoms with Gasteiger partial charge >= 0.3 is 11.9 Å². The van der Waals surface area contributed by atoms with Gasteiger partial charge in [0.05, 0.1) is 5.56 Å². The van der Waals surface area contributed by atoms with Crippen LogP contribution in [0.2, 0.25) is 0 Å². The molecule has 6 nitrogen and oxygen atoms in total. The molecule has 30 heavy (non-hydrogen) atoms. The van der Waals surface area contributed by atoms with E-state index in [4.69, 9.17) is 19.7 Å². The number of benzene rings is 2. The van der Waals surface area contributed by atoms with E-state index in [1.807, 2.05) is 30.4 Å². The van der Waals surface area contributed by atoms with Gasteiger partial charge in [-0.2, -0.15) is 0 Å². The molecule has 0 unspecified atom stereocenters. The normalized spacial score (nSPS) is 11.1. The lowest BCUT2D eigenvalue weighted by Crippen LogP contribution is -2.10. The summed E-state index contributed by atoms with van der Waals surface area (Å²) in [7, 11) is 0. The van der Waals surface area contributed by atoms with Gasteiger partial charge < -0.3 is 19.7 Å². The Hall–Kier alpha value is -3.54. The smallest absolute Gasteiger partial charge is 0.341 e. The zero-order chi connectivity index (χ0) is 21.8. The van der Waals surface area contributed by atoms with Crippen molar-refractivity contribution in [3.05, 3.63) is 77.4 Å². The third-order valence-electron chi connectivity index (χ3n) is 4.16. The number of hydrogen-bond acceptors (Lipinski definition) is 4. The zero-order valence-electron chi connectivity index (χ0n) is 16.9. The summed E-state index contributed by atoms with van der Waals surface area (Å²) in [4.78, 5) is 21.8. The number of hydrogen-bond donors (Lipinski definition) is 2. The Labute approximate surface area is 176 Å². The van der Waals surface area contributed by atoms with Crippen LogP contribution >= 0.6 is 0 Å². The number of ether oxygens (including phenoxy) is 2. The maximum atomic E-state index is 10.9. The second kappa shape index (κ2) is 12.1. The molecule has 2 aromatic carbocycles. The fraction of sp³-hybridized carbons (Fsp3) is 0.250. The maximum absolute atomic E-state index is 10.9. The molecule has 158 valence electrons. The van der Waals surface area contributed by atoms with E-state index >= 15 is 0 Å². The highest BCUT2D eigenvalue weighted by Gasteiger charge is 2.08. The van der Waals surface area contributed by atoms with Gasteiger partial charge in [-0.05, 0) is 42.2 Å². The Morgan fingerprint density at radius 3 is 2.40 bits per heavy atom. The van der Waals surface area contributed by atoms with Crippen LogP contribution in [0.15, 0.2) is 60.7 Å². The molecule has 0 radical (unpaired) electrons. The highest BCUT2D eigenvalue weighted by Crippen LogP contribution is 2.26. The summed E-state index contributed by atoms with van der Waals surface area (Å²) in [6.45, 7) is 2.10. The van der Waals surface area contributed by atoms with Gasteiger partial charge in [0.15, 0.2) is 6.61 Å². The molecule has 0 saturated carbocycles. The molecule has 6 heteroatoms. The molecule has 0 saturated heterocycles. The molecule has 0 spiro atoms. The first-order valence-corrected chi connectivity index (χ1v) is 9.74. The zero-order valence-corrected chi connectivity index (χ0v) is 16.9. The van der Waals surface area contributed by atoms with E-state index in [1.165, 1.54) is 0 Å². The molecule has 0 amide bonds. The maximum Gasteiger partial charge on any atom is 0.341 e. The average molecular weight is 410 g/mol. The molecule has 0 heterocycles. The molecule has 0 aliphatic heterocycles. The Balaban J connectivity index is 2.06. The third kappa shape index (κ3) is 7.83. The van der Waals surface area contributed by atoms with Gasteiger partial charge in [0.1, 0.15) is 18.1 Å². The lowest BCUT2D eigenvalue weighted by Gasteiger charge is -2.11. The van der Waals surface area contributed by atoms with Crippen LogP contribution in [0, 0.1) is 0 Å². The standard InChI is InChI=1S/C24H26O6/c1-2-3-4-5-15-29-21-14-13-19(22(16-21)30-17-23(25)26)8-6-7-18-9-11-20(12-10-18)24(27)28/h4-7,9-14,16H,2-3,8,15,17H2,1H3,(H,25,26)(H,27,28). The SMILES string of the molecule is CCCC=CCOc1ccc(CC=Cc2ccc(C(=O)O)cc2)c(OCC(=O)O)c1. The number of aromatic carboxylic acids is 1. The van der Waals surface area contributed by atoms with Gasteiger partial charge in [0.25, 0.3) is 0 Å². The number of aliphatic carboxylic acids is 1. The Morgan fingerprint density at radius 2 is 1.73 bits per heavy atom. The van der Waals surface area contributed by atoms with Crippen molar-refractivity contribution in [3.8, 4) is 11.5 Å². The van der Waals surface area contributed by atoms with Crippen LogP contribution in [0.1, 0.15) is 41.3 Å². The molecule has 0 aliphatic rings. The van der Waals surface area contributed by atoms with Gasteiger partial charge in [-0.3, -0.25) is 0 Å². The molecule has 2 rings (SSSR count). The minimum absolute atomic E-state index is 0.233. The molecule has 0 aliphatic carbocycles. The average Bonchev–Trinajstić information content (AvgIpc) is 2.73. The first-order chi connectivity index (χ1) is 14.5. The first-order valence-electron chi connectivity index (χ1n) is 9.74. The van der Waals surface area contributed by atoms with Gasteiger partial charge in [-0.1, -0.05) is 55.8 Å². The van der Waals surface area contributed by atoms with E-state index in [1.54, 1.807) is 30.3 Å². The van der Waals surface area contributed by atoms with E-state index in [0.717, 1.165) is 24.0 Å². The third-order valence-corrected chi connectivity index (χ3v) is 4.16. The summed E-state index contributed by atoms with van der Waals surface area (Å²) in [5, 5.41) is 17.9. The van der Waals surface area contributed by atoms with E-state index in [-0.39, 0.29) is 5.56 Å². The van der Waals surface area contributed by atoms with Crippen LogP contribution in [0.25, 0.3) is 6.08 Å². The molecule has 0 bridgehead atoms. The monoisotopic (exact) mass is 410 g/mol. The summed E-state index contributed by atoms with van der Waals surface area (Å²) < 4.78 is 11.1. The Morgan fingerprint density at radius 1 is 0.967 bits per heavy atom. The Bertz CT molecular complexity index is 896. The minimum Gasteiger partial charge on any atom is -0.489 e. The number of carboxylic acid groups (broad SMARTS) is 2. The van der Waals surface area contributed by atoms with Crippen molar-refractivity contribution < 1.29 is 29.3 Å². The van der Waals surface area contributed by atoms with Crippen LogP contribution in [0.5, 0.6) is 11.5 Å².